The molecule has 5 rings (SSSR count). The fourth-order valence-corrected chi connectivity index (χ4v) is 5.21. The first-order valence-corrected chi connectivity index (χ1v) is 12.4. The van der Waals surface area contributed by atoms with Crippen LogP contribution in [0, 0.1) is 0 Å². The Morgan fingerprint density at radius 2 is 1.58 bits per heavy atom. The predicted octanol–water partition coefficient (Wildman–Crippen LogP) is 2.70. The van der Waals surface area contributed by atoms with Gasteiger partial charge >= 0.3 is 0 Å². The van der Waals surface area contributed by atoms with Crippen LogP contribution in [0.25, 0.3) is 10.9 Å². The van der Waals surface area contributed by atoms with Crippen molar-refractivity contribution < 1.29 is 26.4 Å². The second-order valence-corrected chi connectivity index (χ2v) is 10.1. The van der Waals surface area contributed by atoms with Crippen molar-refractivity contribution in [3.63, 3.8) is 0 Å². The molecule has 36 heavy (non-hydrogen) atoms. The van der Waals surface area contributed by atoms with Gasteiger partial charge in [-0.2, -0.15) is 0 Å². The summed E-state index contributed by atoms with van der Waals surface area (Å²) in [6.07, 6.45) is 4.19. The number of carbonyl (C=O) groups is 1. The highest BCUT2D eigenvalue weighted by atomic mass is 35.5. The summed E-state index contributed by atoms with van der Waals surface area (Å²) in [4.78, 5) is 13.3. The Balaban J connectivity index is 0.00000304. The van der Waals surface area contributed by atoms with Gasteiger partial charge in [-0.25, -0.2) is 0 Å². The number of quaternary nitrogens is 1. The Morgan fingerprint density at radius 3 is 2.31 bits per heavy atom. The molecule has 2 heterocycles. The number of halogens is 1. The molecule has 0 bridgehead atoms. The molecule has 1 saturated heterocycles. The average molecular weight is 504 g/mol. The molecule has 1 N–H and O–H groups in total. The highest BCUT2D eigenvalue weighted by Crippen LogP contribution is 2.25. The zero-order valence-electron chi connectivity index (χ0n) is 21.0. The fraction of sp³-hybridized carbons (Fsp3) is 0.300. The van der Waals surface area contributed by atoms with Crippen LogP contribution in [-0.2, 0) is 17.8 Å². The summed E-state index contributed by atoms with van der Waals surface area (Å²) in [6.45, 7) is 3.41. The van der Waals surface area contributed by atoms with E-state index in [0.717, 1.165) is 60.2 Å². The topological polar surface area (TPSA) is 43.3 Å². The minimum atomic E-state index is -0.0842. The first-order valence-electron chi connectivity index (χ1n) is 12.4. The molecule has 6 heteroatoms. The molecule has 0 atom stereocenters. The lowest BCUT2D eigenvalue weighted by Gasteiger charge is -2.40. The molecule has 0 aliphatic carbocycles. The Hall–Kier alpha value is -3.12. The molecule has 1 aliphatic rings. The zero-order chi connectivity index (χ0) is 24.3. The van der Waals surface area contributed by atoms with Crippen LogP contribution >= 0.6 is 0 Å². The quantitative estimate of drug-likeness (QED) is 0.394. The van der Waals surface area contributed by atoms with E-state index >= 15 is 0 Å². The largest absolute Gasteiger partial charge is 1.00 e. The summed E-state index contributed by atoms with van der Waals surface area (Å²) >= 11 is 0. The monoisotopic (exact) mass is 503 g/mol. The van der Waals surface area contributed by atoms with Gasteiger partial charge in [0.15, 0.2) is 0 Å². The van der Waals surface area contributed by atoms with Crippen molar-refractivity contribution in [3.05, 3.63) is 102 Å². The van der Waals surface area contributed by atoms with Crippen LogP contribution in [0.3, 0.4) is 0 Å². The van der Waals surface area contributed by atoms with E-state index in [9.17, 15) is 4.79 Å². The lowest BCUT2D eigenvalue weighted by atomic mass is 10.0. The molecule has 5 nitrogen and oxygen atoms in total. The summed E-state index contributed by atoms with van der Waals surface area (Å²) in [5, 5.41) is 4.07. The van der Waals surface area contributed by atoms with Crippen molar-refractivity contribution in [1.82, 2.24) is 4.57 Å². The van der Waals surface area contributed by atoms with Crippen molar-refractivity contribution in [1.29, 1.82) is 0 Å². The number of nitrogens with one attached hydrogen (secondary N) is 1. The molecule has 0 radical (unpaired) electrons. The van der Waals surface area contributed by atoms with Crippen LogP contribution in [0.4, 0.5) is 5.69 Å². The van der Waals surface area contributed by atoms with Gasteiger partial charge < -0.3 is 31.5 Å². The highest BCUT2D eigenvalue weighted by molar-refractivity contribution is 6.13. The minimum absolute atomic E-state index is 0. The van der Waals surface area contributed by atoms with Gasteiger partial charge in [-0.1, -0.05) is 60.7 Å². The maximum atomic E-state index is 13.3. The smallest absolute Gasteiger partial charge is 0.257 e. The fourth-order valence-electron chi connectivity index (χ4n) is 5.21. The standard InChI is InChI=1S/C30H33N3O2.ClH/c1-33(2,26-16-18-35-19-17-26)22-24-12-14-25(15-13-24)31-30(34)28-21-32(20-23-8-4-3-5-9-23)29-11-7-6-10-27(28)29;/h3-15,21,26H,16-20,22H2,1-2H3;1H. The predicted molar refractivity (Wildman–Crippen MR) is 142 cm³/mol. The molecule has 0 spiro atoms. The van der Waals surface area contributed by atoms with Crippen molar-refractivity contribution in [2.45, 2.75) is 32.0 Å². The molecule has 3 aromatic carbocycles. The number of anilines is 1. The number of hydrogen-bond donors (Lipinski definition) is 1. The number of aromatic nitrogens is 1. The van der Waals surface area contributed by atoms with Crippen LogP contribution in [-0.4, -0.2) is 48.3 Å². The van der Waals surface area contributed by atoms with E-state index in [1.54, 1.807) is 0 Å². The van der Waals surface area contributed by atoms with E-state index in [2.05, 4.69) is 54.3 Å². The van der Waals surface area contributed by atoms with Crippen molar-refractivity contribution in [2.75, 3.05) is 32.6 Å². The van der Waals surface area contributed by atoms with Crippen LogP contribution in [0.1, 0.15) is 34.3 Å². The van der Waals surface area contributed by atoms with Gasteiger partial charge in [0.1, 0.15) is 6.54 Å². The molecular formula is C30H34ClN3O2. The van der Waals surface area contributed by atoms with E-state index < -0.39 is 0 Å². The highest BCUT2D eigenvalue weighted by Gasteiger charge is 2.30. The van der Waals surface area contributed by atoms with Crippen LogP contribution in [0.5, 0.6) is 0 Å². The number of nitrogens with zero attached hydrogens (tertiary/aromatic N) is 2. The van der Waals surface area contributed by atoms with Crippen LogP contribution in [0.15, 0.2) is 85.1 Å². The summed E-state index contributed by atoms with van der Waals surface area (Å²) < 4.78 is 8.65. The second-order valence-electron chi connectivity index (χ2n) is 10.1. The number of para-hydroxylation sites is 1. The van der Waals surface area contributed by atoms with Crippen molar-refractivity contribution >= 4 is 22.5 Å². The normalized spacial score (nSPS) is 14.4. The van der Waals surface area contributed by atoms with Gasteiger partial charge in [0.25, 0.3) is 5.91 Å². The van der Waals surface area contributed by atoms with E-state index in [0.29, 0.717) is 11.6 Å². The van der Waals surface area contributed by atoms with E-state index in [4.69, 9.17) is 4.74 Å². The van der Waals surface area contributed by atoms with Gasteiger partial charge in [0.05, 0.1) is 38.9 Å². The SMILES string of the molecule is C[N+](C)(Cc1ccc(NC(=O)c2cn(Cc3ccccc3)c3ccccc23)cc1)C1CCOCC1.[Cl-]. The van der Waals surface area contributed by atoms with Crippen LogP contribution < -0.4 is 17.7 Å². The van der Waals surface area contributed by atoms with E-state index in [1.165, 1.54) is 11.1 Å². The summed E-state index contributed by atoms with van der Waals surface area (Å²) in [7, 11) is 4.60. The third kappa shape index (κ3) is 5.81. The summed E-state index contributed by atoms with van der Waals surface area (Å²) in [6, 6.07) is 27.3. The summed E-state index contributed by atoms with van der Waals surface area (Å²) in [5.41, 5.74) is 5.05. The molecule has 1 fully saturated rings. The van der Waals surface area contributed by atoms with Gasteiger partial charge in [-0.05, 0) is 23.8 Å². The summed E-state index contributed by atoms with van der Waals surface area (Å²) in [5.74, 6) is -0.0842. The Labute approximate surface area is 219 Å². The maximum Gasteiger partial charge on any atom is 0.257 e. The number of fused-ring (bicyclic) bond motifs is 1. The number of rotatable bonds is 7. The van der Waals surface area contributed by atoms with Gasteiger partial charge in [0.2, 0.25) is 0 Å². The number of amides is 1. The number of ether oxygens (including phenoxy) is 1. The first kappa shape index (κ1) is 26.0. The minimum Gasteiger partial charge on any atom is -1.00 e. The molecule has 0 saturated carbocycles. The number of hydrogen-bond acceptors (Lipinski definition) is 2. The van der Waals surface area contributed by atoms with Crippen LogP contribution in [0.2, 0.25) is 0 Å². The van der Waals surface area contributed by atoms with Gasteiger partial charge in [-0.15, -0.1) is 0 Å². The lowest BCUT2D eigenvalue weighted by Crippen LogP contribution is -3.00. The third-order valence-electron chi connectivity index (χ3n) is 7.21. The molecule has 4 aromatic rings. The molecule has 1 aromatic heterocycles. The zero-order valence-corrected chi connectivity index (χ0v) is 21.7. The van der Waals surface area contributed by atoms with Crippen molar-refractivity contribution in [3.8, 4) is 0 Å². The third-order valence-corrected chi connectivity index (χ3v) is 7.21. The van der Waals surface area contributed by atoms with E-state index in [-0.39, 0.29) is 18.3 Å². The van der Waals surface area contributed by atoms with E-state index in [1.807, 2.05) is 54.7 Å². The van der Waals surface area contributed by atoms with Gasteiger partial charge in [0, 0.05) is 47.7 Å². The molecular weight excluding hydrogens is 470 g/mol. The maximum absolute atomic E-state index is 13.3. The molecule has 1 aliphatic heterocycles. The Morgan fingerprint density at radius 1 is 0.917 bits per heavy atom. The molecule has 1 amide bonds. The lowest BCUT2D eigenvalue weighted by molar-refractivity contribution is -0.929. The Kier molecular flexibility index (Phi) is 8.14. The molecule has 188 valence electrons. The average Bonchev–Trinajstić information content (AvgIpc) is 3.25. The second kappa shape index (κ2) is 11.3. The molecule has 0 unspecified atom stereocenters. The van der Waals surface area contributed by atoms with Gasteiger partial charge in [-0.3, -0.25) is 4.79 Å². The van der Waals surface area contributed by atoms with Crippen molar-refractivity contribution in [2.24, 2.45) is 0 Å². The first-order chi connectivity index (χ1) is 17.0. The number of benzene rings is 3. The number of carbonyl (C=O) groups excluding carboxylic acids is 1. The Bertz CT molecular complexity index is 1290.